The molecule has 2 rings (SSSR count). The minimum atomic E-state index is 0.565. The van der Waals surface area contributed by atoms with Crippen LogP contribution in [0.2, 0.25) is 0 Å². The molecule has 1 fully saturated rings. The molecule has 1 unspecified atom stereocenters. The molecule has 0 aromatic heterocycles. The van der Waals surface area contributed by atoms with E-state index in [1.165, 1.54) is 48.8 Å². The summed E-state index contributed by atoms with van der Waals surface area (Å²) in [5, 5.41) is 3.58. The van der Waals surface area contributed by atoms with Gasteiger partial charge in [-0.15, -0.1) is 0 Å². The maximum absolute atomic E-state index is 3.58. The quantitative estimate of drug-likeness (QED) is 0.842. The number of aryl methyl sites for hydroxylation is 2. The van der Waals surface area contributed by atoms with Gasteiger partial charge in [-0.1, -0.05) is 32.0 Å². The summed E-state index contributed by atoms with van der Waals surface area (Å²) in [4.78, 5) is 0. The lowest BCUT2D eigenvalue weighted by atomic mass is 9.70. The second kappa shape index (κ2) is 6.30. The van der Waals surface area contributed by atoms with Crippen LogP contribution in [0, 0.1) is 25.2 Å². The van der Waals surface area contributed by atoms with Crippen LogP contribution >= 0.6 is 0 Å². The molecule has 1 aliphatic carbocycles. The Morgan fingerprint density at radius 2 is 1.80 bits per heavy atom. The second-order valence-electron chi connectivity index (χ2n) is 7.52. The van der Waals surface area contributed by atoms with Gasteiger partial charge in [-0.05, 0) is 81.0 Å². The number of hydrogen-bond acceptors (Lipinski definition) is 1. The molecule has 0 saturated heterocycles. The van der Waals surface area contributed by atoms with Crippen molar-refractivity contribution in [3.8, 4) is 0 Å². The maximum Gasteiger partial charge on any atom is 0.0133 e. The van der Waals surface area contributed by atoms with Crippen LogP contribution in [0.5, 0.6) is 0 Å². The second-order valence-corrected chi connectivity index (χ2v) is 7.52. The van der Waals surface area contributed by atoms with Gasteiger partial charge in [-0.2, -0.15) is 0 Å². The van der Waals surface area contributed by atoms with Crippen molar-refractivity contribution in [1.29, 1.82) is 0 Å². The van der Waals surface area contributed by atoms with Gasteiger partial charge in [-0.3, -0.25) is 0 Å². The van der Waals surface area contributed by atoms with Crippen molar-refractivity contribution < 1.29 is 0 Å². The highest BCUT2D eigenvalue weighted by atomic mass is 14.9. The lowest BCUT2D eigenvalue weighted by Crippen LogP contribution is -2.38. The fraction of sp³-hybridized carbons (Fsp3) is 0.684. The number of hydrogen-bond donors (Lipinski definition) is 1. The van der Waals surface area contributed by atoms with Crippen molar-refractivity contribution in [2.45, 2.75) is 65.8 Å². The molecule has 1 atom stereocenters. The summed E-state index contributed by atoms with van der Waals surface area (Å²) in [6.45, 7) is 9.25. The van der Waals surface area contributed by atoms with Gasteiger partial charge in [0.2, 0.25) is 0 Å². The van der Waals surface area contributed by atoms with Crippen molar-refractivity contribution in [3.05, 3.63) is 34.9 Å². The van der Waals surface area contributed by atoms with Crippen molar-refractivity contribution in [3.63, 3.8) is 0 Å². The molecular weight excluding hydrogens is 242 g/mol. The van der Waals surface area contributed by atoms with Gasteiger partial charge in [-0.25, -0.2) is 0 Å². The third kappa shape index (κ3) is 3.85. The van der Waals surface area contributed by atoms with Crippen LogP contribution in [0.25, 0.3) is 0 Å². The van der Waals surface area contributed by atoms with Gasteiger partial charge in [0.1, 0.15) is 0 Å². The highest BCUT2D eigenvalue weighted by molar-refractivity contribution is 5.30. The minimum Gasteiger partial charge on any atom is -0.316 e. The monoisotopic (exact) mass is 273 g/mol. The van der Waals surface area contributed by atoms with Crippen LogP contribution < -0.4 is 5.32 Å². The molecule has 1 aliphatic rings. The topological polar surface area (TPSA) is 12.0 Å². The van der Waals surface area contributed by atoms with Gasteiger partial charge in [0, 0.05) is 6.04 Å². The zero-order chi connectivity index (χ0) is 14.8. The maximum atomic E-state index is 3.58. The average Bonchev–Trinajstić information content (AvgIpc) is 2.40. The average molecular weight is 273 g/mol. The highest BCUT2D eigenvalue weighted by Gasteiger charge is 2.30. The largest absolute Gasteiger partial charge is 0.316 e. The molecule has 0 radical (unpaired) electrons. The Balaban J connectivity index is 2.00. The Morgan fingerprint density at radius 3 is 2.35 bits per heavy atom. The summed E-state index contributed by atoms with van der Waals surface area (Å²) in [5.74, 6) is 0.842. The van der Waals surface area contributed by atoms with Gasteiger partial charge < -0.3 is 5.32 Å². The molecule has 0 aliphatic heterocycles. The number of rotatable bonds is 4. The van der Waals surface area contributed by atoms with E-state index in [9.17, 15) is 0 Å². The van der Waals surface area contributed by atoms with Crippen LogP contribution in [0.15, 0.2) is 18.2 Å². The minimum absolute atomic E-state index is 0.565. The van der Waals surface area contributed by atoms with Crippen LogP contribution in [-0.2, 0) is 6.42 Å². The molecule has 0 heterocycles. The first-order valence-electron chi connectivity index (χ1n) is 8.15. The van der Waals surface area contributed by atoms with Crippen molar-refractivity contribution in [1.82, 2.24) is 5.32 Å². The van der Waals surface area contributed by atoms with Crippen LogP contribution in [-0.4, -0.2) is 13.1 Å². The number of nitrogens with one attached hydrogen (secondary N) is 1. The predicted molar refractivity (Wildman–Crippen MR) is 88.2 cm³/mol. The highest BCUT2D eigenvalue weighted by Crippen LogP contribution is 2.39. The van der Waals surface area contributed by atoms with E-state index in [1.807, 2.05) is 0 Å². The van der Waals surface area contributed by atoms with E-state index in [0.717, 1.165) is 5.92 Å². The summed E-state index contributed by atoms with van der Waals surface area (Å²) in [6, 6.07) is 7.57. The summed E-state index contributed by atoms with van der Waals surface area (Å²) >= 11 is 0. The first kappa shape index (κ1) is 15.6. The van der Waals surface area contributed by atoms with Crippen LogP contribution in [0.3, 0.4) is 0 Å². The molecule has 0 spiro atoms. The molecule has 1 heteroatoms. The zero-order valence-electron chi connectivity index (χ0n) is 13.9. The van der Waals surface area contributed by atoms with E-state index >= 15 is 0 Å². The van der Waals surface area contributed by atoms with E-state index in [-0.39, 0.29) is 0 Å². The Bertz CT molecular complexity index is 437. The summed E-state index contributed by atoms with van der Waals surface area (Å²) in [5.41, 5.74) is 4.86. The number of likely N-dealkylation sites (N-methyl/N-ethyl adjacent to an activating group) is 1. The smallest absolute Gasteiger partial charge is 0.0133 e. The Labute approximate surface area is 125 Å². The van der Waals surface area contributed by atoms with E-state index in [1.54, 1.807) is 0 Å². The van der Waals surface area contributed by atoms with E-state index in [2.05, 4.69) is 58.3 Å². The molecule has 20 heavy (non-hydrogen) atoms. The van der Waals surface area contributed by atoms with Crippen molar-refractivity contribution in [2.75, 3.05) is 7.05 Å². The lowest BCUT2D eigenvalue weighted by molar-refractivity contribution is 0.163. The normalized spacial score (nSPS) is 20.9. The molecule has 1 aromatic rings. The molecule has 1 aromatic carbocycles. The van der Waals surface area contributed by atoms with Crippen LogP contribution in [0.4, 0.5) is 0 Å². The van der Waals surface area contributed by atoms with Crippen molar-refractivity contribution >= 4 is 0 Å². The molecule has 0 bridgehead atoms. The van der Waals surface area contributed by atoms with Gasteiger partial charge in [0.05, 0.1) is 0 Å². The van der Waals surface area contributed by atoms with E-state index in [4.69, 9.17) is 0 Å². The summed E-state index contributed by atoms with van der Waals surface area (Å²) in [6.07, 6.45) is 6.68. The fourth-order valence-electron chi connectivity index (χ4n) is 3.51. The third-order valence-electron chi connectivity index (χ3n) is 5.35. The molecule has 1 N–H and O–H groups in total. The third-order valence-corrected chi connectivity index (χ3v) is 5.35. The number of benzene rings is 1. The SMILES string of the molecule is CNC(Cc1ccc(C)c(C)c1)C1CCC(C)(C)CC1. The standard InChI is InChI=1S/C19H31N/c1-14-6-7-16(12-15(14)2)13-18(20-5)17-8-10-19(3,4)11-9-17/h6-7,12,17-18,20H,8-11,13H2,1-5H3. The predicted octanol–water partition coefficient (Wildman–Crippen LogP) is 4.65. The first-order chi connectivity index (χ1) is 9.41. The van der Waals surface area contributed by atoms with Gasteiger partial charge in [0.15, 0.2) is 0 Å². The van der Waals surface area contributed by atoms with Gasteiger partial charge in [0.25, 0.3) is 0 Å². The molecule has 0 amide bonds. The Morgan fingerprint density at radius 1 is 1.15 bits per heavy atom. The first-order valence-corrected chi connectivity index (χ1v) is 8.15. The van der Waals surface area contributed by atoms with Crippen molar-refractivity contribution in [2.24, 2.45) is 11.3 Å². The molecule has 1 nitrogen and oxygen atoms in total. The lowest BCUT2D eigenvalue weighted by Gasteiger charge is -2.38. The summed E-state index contributed by atoms with van der Waals surface area (Å²) < 4.78 is 0. The molecule has 112 valence electrons. The zero-order valence-corrected chi connectivity index (χ0v) is 13.9. The van der Waals surface area contributed by atoms with E-state index in [0.29, 0.717) is 11.5 Å². The Kier molecular flexibility index (Phi) is 4.90. The summed E-state index contributed by atoms with van der Waals surface area (Å²) in [7, 11) is 2.13. The van der Waals surface area contributed by atoms with Gasteiger partial charge >= 0.3 is 0 Å². The van der Waals surface area contributed by atoms with Crippen LogP contribution in [0.1, 0.15) is 56.2 Å². The fourth-order valence-corrected chi connectivity index (χ4v) is 3.51. The molecular formula is C19H31N. The Hall–Kier alpha value is -0.820. The molecule has 1 saturated carbocycles. The van der Waals surface area contributed by atoms with E-state index < -0.39 is 0 Å².